The number of rotatable bonds is 9. The Morgan fingerprint density at radius 2 is 1.89 bits per heavy atom. The fourth-order valence-electron chi connectivity index (χ4n) is 3.03. The number of aromatic hydroxyl groups is 1. The molecule has 2 aromatic rings. The number of nitrogens with one attached hydrogen (secondary N) is 2. The van der Waals surface area contributed by atoms with Crippen LogP contribution in [0.3, 0.4) is 0 Å². The molecule has 1 aromatic carbocycles. The molecule has 0 aliphatic heterocycles. The lowest BCUT2D eigenvalue weighted by Crippen LogP contribution is -2.34. The number of hydrazone groups is 1. The van der Waals surface area contributed by atoms with Crippen LogP contribution in [0, 0.1) is 6.92 Å². The molecule has 0 aliphatic rings. The number of likely N-dealkylation sites (N-methyl/N-ethyl adjacent to an activating group) is 1. The van der Waals surface area contributed by atoms with Gasteiger partial charge in [0.05, 0.1) is 11.4 Å². The molecule has 1 aromatic heterocycles. The summed E-state index contributed by atoms with van der Waals surface area (Å²) in [5, 5.41) is 15.1. The Morgan fingerprint density at radius 3 is 2.50 bits per heavy atom. The molecule has 0 atom stereocenters. The van der Waals surface area contributed by atoms with Gasteiger partial charge in [0, 0.05) is 13.1 Å². The van der Waals surface area contributed by atoms with Crippen LogP contribution >= 0.6 is 0 Å². The number of benzene rings is 1. The first kappa shape index (κ1) is 21.4. The molecule has 8 nitrogen and oxygen atoms in total. The quantitative estimate of drug-likeness (QED) is 0.344. The fourth-order valence-corrected chi connectivity index (χ4v) is 3.03. The Kier molecular flexibility index (Phi) is 7.57. The third-order valence-corrected chi connectivity index (χ3v) is 4.71. The summed E-state index contributed by atoms with van der Waals surface area (Å²) in [5.74, 6) is -0.408. The predicted molar refractivity (Wildman–Crippen MR) is 112 cm³/mol. The van der Waals surface area contributed by atoms with E-state index in [0.717, 1.165) is 29.8 Å². The van der Waals surface area contributed by atoms with Crippen molar-refractivity contribution in [3.63, 3.8) is 0 Å². The first-order chi connectivity index (χ1) is 13.4. The van der Waals surface area contributed by atoms with Crippen molar-refractivity contribution in [2.45, 2.75) is 34.1 Å². The van der Waals surface area contributed by atoms with Crippen molar-refractivity contribution in [2.24, 2.45) is 5.10 Å². The summed E-state index contributed by atoms with van der Waals surface area (Å²) >= 11 is 0. The van der Waals surface area contributed by atoms with Crippen LogP contribution in [0.25, 0.3) is 5.69 Å². The van der Waals surface area contributed by atoms with Gasteiger partial charge in [-0.1, -0.05) is 39.0 Å². The Balaban J connectivity index is 2.42. The molecule has 0 unspecified atom stereocenters. The van der Waals surface area contributed by atoms with Crippen LogP contribution in [-0.2, 0) is 0 Å². The Bertz CT molecular complexity index is 942. The summed E-state index contributed by atoms with van der Waals surface area (Å²) in [5.41, 5.74) is 3.32. The van der Waals surface area contributed by atoms with Crippen LogP contribution < -0.4 is 16.7 Å². The molecule has 0 saturated heterocycles. The van der Waals surface area contributed by atoms with Gasteiger partial charge in [-0.05, 0) is 38.1 Å². The molecule has 28 heavy (non-hydrogen) atoms. The van der Waals surface area contributed by atoms with Gasteiger partial charge in [0.2, 0.25) is 5.88 Å². The largest absolute Gasteiger partial charge is 0.493 e. The van der Waals surface area contributed by atoms with Crippen molar-refractivity contribution in [3.05, 3.63) is 56.2 Å². The van der Waals surface area contributed by atoms with Crippen molar-refractivity contribution in [3.8, 4) is 11.6 Å². The Labute approximate surface area is 164 Å². The summed E-state index contributed by atoms with van der Waals surface area (Å²) in [4.78, 5) is 29.3. The number of aromatic amines is 1. The van der Waals surface area contributed by atoms with E-state index in [-0.39, 0.29) is 5.56 Å². The van der Waals surface area contributed by atoms with Crippen LogP contribution in [-0.4, -0.2) is 51.4 Å². The topological polar surface area (TPSA) is 103 Å². The highest BCUT2D eigenvalue weighted by molar-refractivity contribution is 6.01. The minimum atomic E-state index is -0.689. The molecule has 0 fully saturated rings. The second-order valence-electron chi connectivity index (χ2n) is 6.43. The van der Waals surface area contributed by atoms with E-state index in [4.69, 9.17) is 0 Å². The molecule has 0 saturated carbocycles. The number of hydrogen-bond acceptors (Lipinski definition) is 6. The van der Waals surface area contributed by atoms with Crippen molar-refractivity contribution in [1.82, 2.24) is 19.9 Å². The number of aromatic nitrogens is 2. The molecular weight excluding hydrogens is 358 g/mol. The average molecular weight is 387 g/mol. The molecular formula is C20H29N5O3. The molecule has 0 radical (unpaired) electrons. The van der Waals surface area contributed by atoms with Crippen molar-refractivity contribution in [2.75, 3.05) is 26.2 Å². The zero-order valence-corrected chi connectivity index (χ0v) is 17.0. The molecule has 0 amide bonds. The molecule has 2 rings (SSSR count). The van der Waals surface area contributed by atoms with Crippen LogP contribution in [0.2, 0.25) is 0 Å². The molecule has 0 bridgehead atoms. The standard InChI is InChI=1S/C20H29N5O3/c1-5-15(23-21-12-13-24(6-2)7-3)17-18(26)22-20(28)25(19(17)27)16-11-9-8-10-14(16)4/h8-11,21,27H,5-7,12-13H2,1-4H3,(H,22,26,28)/b23-15+. The van der Waals surface area contributed by atoms with Gasteiger partial charge < -0.3 is 15.4 Å². The second-order valence-corrected chi connectivity index (χ2v) is 6.43. The van der Waals surface area contributed by atoms with Gasteiger partial charge in [-0.15, -0.1) is 0 Å². The average Bonchev–Trinajstić information content (AvgIpc) is 2.67. The number of hydrogen-bond donors (Lipinski definition) is 3. The Hall–Kier alpha value is -2.87. The van der Waals surface area contributed by atoms with E-state index in [9.17, 15) is 14.7 Å². The van der Waals surface area contributed by atoms with E-state index >= 15 is 0 Å². The maximum atomic E-state index is 12.4. The zero-order valence-electron chi connectivity index (χ0n) is 17.0. The smallest absolute Gasteiger partial charge is 0.335 e. The number of H-pyrrole nitrogens is 1. The molecule has 3 N–H and O–H groups in total. The summed E-state index contributed by atoms with van der Waals surface area (Å²) < 4.78 is 1.10. The lowest BCUT2D eigenvalue weighted by molar-refractivity contribution is 0.303. The number of nitrogens with zero attached hydrogens (tertiary/aromatic N) is 3. The normalized spacial score (nSPS) is 11.8. The van der Waals surface area contributed by atoms with Gasteiger partial charge in [-0.2, -0.15) is 5.10 Å². The predicted octanol–water partition coefficient (Wildman–Crippen LogP) is 1.59. The highest BCUT2D eigenvalue weighted by atomic mass is 16.3. The van der Waals surface area contributed by atoms with Gasteiger partial charge in [0.1, 0.15) is 5.56 Å². The summed E-state index contributed by atoms with van der Waals surface area (Å²) in [6.07, 6.45) is 0.418. The lowest BCUT2D eigenvalue weighted by atomic mass is 10.1. The van der Waals surface area contributed by atoms with E-state index in [2.05, 4.69) is 34.3 Å². The third-order valence-electron chi connectivity index (χ3n) is 4.71. The second kappa shape index (κ2) is 9.89. The molecule has 8 heteroatoms. The molecule has 0 spiro atoms. The van der Waals surface area contributed by atoms with E-state index in [1.807, 2.05) is 26.0 Å². The minimum Gasteiger partial charge on any atom is -0.493 e. The number of aryl methyl sites for hydroxylation is 1. The fraction of sp³-hybridized carbons (Fsp3) is 0.450. The van der Waals surface area contributed by atoms with E-state index in [0.29, 0.717) is 24.4 Å². The van der Waals surface area contributed by atoms with Crippen LogP contribution in [0.15, 0.2) is 39.0 Å². The summed E-state index contributed by atoms with van der Waals surface area (Å²) in [7, 11) is 0. The van der Waals surface area contributed by atoms with Crippen LogP contribution in [0.5, 0.6) is 5.88 Å². The maximum Gasteiger partial charge on any atom is 0.335 e. The monoisotopic (exact) mass is 387 g/mol. The first-order valence-electron chi connectivity index (χ1n) is 9.60. The van der Waals surface area contributed by atoms with Gasteiger partial charge in [0.15, 0.2) is 0 Å². The van der Waals surface area contributed by atoms with E-state index in [1.165, 1.54) is 0 Å². The van der Waals surface area contributed by atoms with Crippen molar-refractivity contribution >= 4 is 5.71 Å². The maximum absolute atomic E-state index is 12.4. The highest BCUT2D eigenvalue weighted by Crippen LogP contribution is 2.20. The van der Waals surface area contributed by atoms with Crippen molar-refractivity contribution in [1.29, 1.82) is 0 Å². The molecule has 152 valence electrons. The van der Waals surface area contributed by atoms with Crippen LogP contribution in [0.1, 0.15) is 38.3 Å². The van der Waals surface area contributed by atoms with Crippen LogP contribution in [0.4, 0.5) is 0 Å². The minimum absolute atomic E-state index is 0.000641. The zero-order chi connectivity index (χ0) is 20.7. The van der Waals surface area contributed by atoms with Gasteiger partial charge in [-0.25, -0.2) is 9.36 Å². The van der Waals surface area contributed by atoms with Gasteiger partial charge in [-0.3, -0.25) is 9.78 Å². The highest BCUT2D eigenvalue weighted by Gasteiger charge is 2.20. The number of para-hydroxylation sites is 1. The van der Waals surface area contributed by atoms with Crippen molar-refractivity contribution < 1.29 is 5.11 Å². The van der Waals surface area contributed by atoms with E-state index < -0.39 is 17.1 Å². The third kappa shape index (κ3) is 4.69. The van der Waals surface area contributed by atoms with E-state index in [1.54, 1.807) is 12.1 Å². The first-order valence-corrected chi connectivity index (χ1v) is 9.60. The lowest BCUT2D eigenvalue weighted by Gasteiger charge is -2.17. The van der Waals surface area contributed by atoms with Gasteiger partial charge in [0.25, 0.3) is 5.56 Å². The molecule has 1 heterocycles. The Morgan fingerprint density at radius 1 is 1.21 bits per heavy atom. The SMILES string of the molecule is CC/C(=N\NCCN(CC)CC)c1c(O)n(-c2ccccc2C)c(=O)[nH]c1=O. The molecule has 0 aliphatic carbocycles. The summed E-state index contributed by atoms with van der Waals surface area (Å²) in [6.45, 7) is 11.2. The van der Waals surface area contributed by atoms with Gasteiger partial charge >= 0.3 is 5.69 Å². The summed E-state index contributed by atoms with van der Waals surface area (Å²) in [6, 6.07) is 7.15.